The summed E-state index contributed by atoms with van der Waals surface area (Å²) in [5.74, 6) is 0. The predicted molar refractivity (Wildman–Crippen MR) is 60.5 cm³/mol. The molecule has 0 radical (unpaired) electrons. The molecular formula is C9H15ClN2OS. The summed E-state index contributed by atoms with van der Waals surface area (Å²) in [6.07, 6.45) is 4.21. The van der Waals surface area contributed by atoms with Crippen LogP contribution in [0.4, 0.5) is 0 Å². The van der Waals surface area contributed by atoms with Crippen molar-refractivity contribution in [1.29, 1.82) is 0 Å². The fraction of sp³-hybridized carbons (Fsp3) is 0.667. The molecule has 1 aliphatic heterocycles. The smallest absolute Gasteiger partial charge is 0.273 e. The molecule has 5 heteroatoms. The van der Waals surface area contributed by atoms with E-state index in [1.54, 1.807) is 17.5 Å². The highest BCUT2D eigenvalue weighted by Crippen LogP contribution is 2.21. The van der Waals surface area contributed by atoms with Crippen molar-refractivity contribution in [3.05, 3.63) is 11.6 Å². The maximum Gasteiger partial charge on any atom is 0.273 e. The number of ether oxygens (including phenoxy) is 1. The van der Waals surface area contributed by atoms with Crippen LogP contribution in [0.5, 0.6) is 5.19 Å². The lowest BCUT2D eigenvalue weighted by Gasteiger charge is -2.23. The van der Waals surface area contributed by atoms with Gasteiger partial charge in [0.2, 0.25) is 0 Å². The first-order chi connectivity index (χ1) is 6.29. The van der Waals surface area contributed by atoms with E-state index in [2.05, 4.69) is 17.2 Å². The summed E-state index contributed by atoms with van der Waals surface area (Å²) in [5.41, 5.74) is 0.158. The quantitative estimate of drug-likeness (QED) is 0.870. The number of hydrogen-bond donors (Lipinski definition) is 1. The van der Waals surface area contributed by atoms with Gasteiger partial charge >= 0.3 is 0 Å². The van der Waals surface area contributed by atoms with Crippen LogP contribution in [0.3, 0.4) is 0 Å². The van der Waals surface area contributed by atoms with Crippen LogP contribution in [0.1, 0.15) is 19.8 Å². The van der Waals surface area contributed by atoms with Crippen molar-refractivity contribution in [2.24, 2.45) is 0 Å². The molecule has 1 N–H and O–H groups in total. The van der Waals surface area contributed by atoms with Gasteiger partial charge in [-0.1, -0.05) is 11.3 Å². The van der Waals surface area contributed by atoms with E-state index in [1.165, 1.54) is 12.8 Å². The Morgan fingerprint density at radius 3 is 3.14 bits per heavy atom. The van der Waals surface area contributed by atoms with E-state index < -0.39 is 0 Å². The predicted octanol–water partition coefficient (Wildman–Crippen LogP) is 2.09. The fourth-order valence-electron chi connectivity index (χ4n) is 1.58. The van der Waals surface area contributed by atoms with Gasteiger partial charge in [0.15, 0.2) is 0 Å². The molecule has 1 aromatic rings. The largest absolute Gasteiger partial charge is 0.468 e. The Kier molecular flexibility index (Phi) is 4.16. The topological polar surface area (TPSA) is 34.1 Å². The van der Waals surface area contributed by atoms with E-state index in [1.807, 2.05) is 5.38 Å². The summed E-state index contributed by atoms with van der Waals surface area (Å²) < 4.78 is 5.58. The zero-order chi connectivity index (χ0) is 9.15. The van der Waals surface area contributed by atoms with Crippen molar-refractivity contribution in [3.8, 4) is 5.19 Å². The molecule has 0 aliphatic carbocycles. The van der Waals surface area contributed by atoms with Gasteiger partial charge in [-0.05, 0) is 26.3 Å². The molecular weight excluding hydrogens is 220 g/mol. The minimum atomic E-state index is 0. The van der Waals surface area contributed by atoms with Crippen LogP contribution >= 0.6 is 23.7 Å². The van der Waals surface area contributed by atoms with Crippen LogP contribution in [0.15, 0.2) is 11.6 Å². The molecule has 0 unspecified atom stereocenters. The molecule has 2 heterocycles. The summed E-state index contributed by atoms with van der Waals surface area (Å²) in [6, 6.07) is 0. The molecule has 2 rings (SSSR count). The summed E-state index contributed by atoms with van der Waals surface area (Å²) in [4.78, 5) is 4.08. The Bertz CT molecular complexity index is 260. The van der Waals surface area contributed by atoms with Crippen LogP contribution in [0.2, 0.25) is 0 Å². The van der Waals surface area contributed by atoms with Crippen molar-refractivity contribution >= 4 is 23.7 Å². The maximum atomic E-state index is 5.58. The Morgan fingerprint density at radius 1 is 1.71 bits per heavy atom. The third-order valence-corrected chi connectivity index (χ3v) is 3.06. The Morgan fingerprint density at radius 2 is 2.57 bits per heavy atom. The van der Waals surface area contributed by atoms with E-state index in [0.717, 1.165) is 18.3 Å². The van der Waals surface area contributed by atoms with Gasteiger partial charge < -0.3 is 10.1 Å². The Labute approximate surface area is 94.3 Å². The van der Waals surface area contributed by atoms with Crippen LogP contribution in [0, 0.1) is 0 Å². The monoisotopic (exact) mass is 234 g/mol. The first kappa shape index (κ1) is 11.8. The lowest BCUT2D eigenvalue weighted by atomic mass is 10.0. The summed E-state index contributed by atoms with van der Waals surface area (Å²) in [5, 5.41) is 6.15. The highest BCUT2D eigenvalue weighted by Gasteiger charge is 2.28. The van der Waals surface area contributed by atoms with E-state index in [-0.39, 0.29) is 17.9 Å². The van der Waals surface area contributed by atoms with Crippen LogP contribution in [0.25, 0.3) is 0 Å². The molecule has 0 bridgehead atoms. The molecule has 80 valence electrons. The average Bonchev–Trinajstić information content (AvgIpc) is 2.72. The standard InChI is InChI=1S/C9H14N2OS.ClH/c1-9(3-2-4-11-9)7-12-8-10-5-6-13-8;/h5-6,11H,2-4,7H2,1H3;1H/t9-;/m0./s1. The van der Waals surface area contributed by atoms with Crippen LogP contribution < -0.4 is 10.1 Å². The van der Waals surface area contributed by atoms with Gasteiger partial charge in [-0.15, -0.1) is 12.4 Å². The Balaban J connectivity index is 0.000000980. The van der Waals surface area contributed by atoms with Crippen molar-refractivity contribution in [3.63, 3.8) is 0 Å². The first-order valence-electron chi connectivity index (χ1n) is 4.56. The third-order valence-electron chi connectivity index (χ3n) is 2.38. The summed E-state index contributed by atoms with van der Waals surface area (Å²) >= 11 is 1.54. The van der Waals surface area contributed by atoms with E-state index >= 15 is 0 Å². The summed E-state index contributed by atoms with van der Waals surface area (Å²) in [7, 11) is 0. The molecule has 0 amide bonds. The van der Waals surface area contributed by atoms with Gasteiger partial charge in [0, 0.05) is 17.1 Å². The summed E-state index contributed by atoms with van der Waals surface area (Å²) in [6.45, 7) is 4.03. The molecule has 3 nitrogen and oxygen atoms in total. The molecule has 14 heavy (non-hydrogen) atoms. The van der Waals surface area contributed by atoms with Gasteiger partial charge in [-0.3, -0.25) is 0 Å². The SMILES string of the molecule is C[C@@]1(COc2nccs2)CCCN1.Cl. The number of hydrogen-bond acceptors (Lipinski definition) is 4. The van der Waals surface area contributed by atoms with E-state index in [9.17, 15) is 0 Å². The van der Waals surface area contributed by atoms with Crippen molar-refractivity contribution in [2.45, 2.75) is 25.3 Å². The van der Waals surface area contributed by atoms with Gasteiger partial charge in [0.05, 0.1) is 0 Å². The number of aromatic nitrogens is 1. The van der Waals surface area contributed by atoms with Crippen molar-refractivity contribution < 1.29 is 4.74 Å². The van der Waals surface area contributed by atoms with Gasteiger partial charge in [-0.25, -0.2) is 4.98 Å². The van der Waals surface area contributed by atoms with Crippen LogP contribution in [-0.2, 0) is 0 Å². The number of nitrogens with one attached hydrogen (secondary N) is 1. The van der Waals surface area contributed by atoms with Crippen molar-refractivity contribution in [2.75, 3.05) is 13.2 Å². The molecule has 1 aromatic heterocycles. The molecule has 1 aliphatic rings. The number of halogens is 1. The zero-order valence-corrected chi connectivity index (χ0v) is 9.79. The maximum absolute atomic E-state index is 5.58. The first-order valence-corrected chi connectivity index (χ1v) is 5.44. The Hall–Kier alpha value is -0.320. The molecule has 1 atom stereocenters. The number of nitrogens with zero attached hydrogens (tertiary/aromatic N) is 1. The van der Waals surface area contributed by atoms with Gasteiger partial charge in [-0.2, -0.15) is 0 Å². The molecule has 1 fully saturated rings. The second-order valence-corrected chi connectivity index (χ2v) is 4.53. The van der Waals surface area contributed by atoms with Gasteiger partial charge in [0.1, 0.15) is 6.61 Å². The lowest BCUT2D eigenvalue weighted by molar-refractivity contribution is 0.212. The molecule has 0 saturated carbocycles. The highest BCUT2D eigenvalue weighted by atomic mass is 35.5. The van der Waals surface area contributed by atoms with Crippen molar-refractivity contribution in [1.82, 2.24) is 10.3 Å². The highest BCUT2D eigenvalue weighted by molar-refractivity contribution is 7.11. The fourth-order valence-corrected chi connectivity index (χ4v) is 2.07. The minimum absolute atomic E-state index is 0. The minimum Gasteiger partial charge on any atom is -0.468 e. The lowest BCUT2D eigenvalue weighted by Crippen LogP contribution is -2.42. The van der Waals surface area contributed by atoms with Gasteiger partial charge in [0.25, 0.3) is 5.19 Å². The second kappa shape index (κ2) is 4.96. The third kappa shape index (κ3) is 2.83. The molecule has 1 saturated heterocycles. The van der Waals surface area contributed by atoms with Crippen LogP contribution in [-0.4, -0.2) is 23.7 Å². The molecule has 0 aromatic carbocycles. The molecule has 0 spiro atoms. The zero-order valence-electron chi connectivity index (χ0n) is 8.16. The normalized spacial score (nSPS) is 25.8. The number of thiazole rings is 1. The average molecular weight is 235 g/mol. The van der Waals surface area contributed by atoms with E-state index in [4.69, 9.17) is 4.74 Å². The number of rotatable bonds is 3. The van der Waals surface area contributed by atoms with E-state index in [0.29, 0.717) is 0 Å². The second-order valence-electron chi connectivity index (χ2n) is 3.68.